The van der Waals surface area contributed by atoms with E-state index >= 15 is 13.2 Å². The van der Waals surface area contributed by atoms with Gasteiger partial charge in [0.2, 0.25) is 11.5 Å². The fraction of sp³-hybridized carbons (Fsp3) is 0.486. The van der Waals surface area contributed by atoms with Crippen molar-refractivity contribution in [2.24, 2.45) is 5.41 Å². The van der Waals surface area contributed by atoms with E-state index in [1.807, 2.05) is 0 Å². The summed E-state index contributed by atoms with van der Waals surface area (Å²) >= 11 is 0. The average molecular weight is 771 g/mol. The molecule has 2 amide bonds. The predicted octanol–water partition coefficient (Wildman–Crippen LogP) is 10.4. The molecule has 0 N–H and O–H groups in total. The molecule has 0 fully saturated rings. The monoisotopic (exact) mass is 770 g/mol. The van der Waals surface area contributed by atoms with E-state index in [1.165, 1.54) is 59.8 Å². The Hall–Kier alpha value is -4.93. The summed E-state index contributed by atoms with van der Waals surface area (Å²) in [5.74, 6) is -3.19. The summed E-state index contributed by atoms with van der Waals surface area (Å²) in [4.78, 5) is 31.4. The lowest BCUT2D eigenvalue weighted by atomic mass is 9.91. The molecule has 0 aliphatic heterocycles. The molecule has 3 aromatic rings. The van der Waals surface area contributed by atoms with Gasteiger partial charge in [-0.1, -0.05) is 56.3 Å². The summed E-state index contributed by atoms with van der Waals surface area (Å²) < 4.78 is 117. The third-order valence-corrected chi connectivity index (χ3v) is 7.15. The number of imide groups is 1. The van der Waals surface area contributed by atoms with Crippen LogP contribution in [0.2, 0.25) is 0 Å². The van der Waals surface area contributed by atoms with Crippen LogP contribution in [0.25, 0.3) is 11.6 Å². The van der Waals surface area contributed by atoms with Crippen molar-refractivity contribution in [3.8, 4) is 17.5 Å². The molecule has 0 aliphatic rings. The van der Waals surface area contributed by atoms with Gasteiger partial charge in [-0.15, -0.1) is 23.4 Å². The van der Waals surface area contributed by atoms with Crippen molar-refractivity contribution in [2.45, 2.75) is 104 Å². The van der Waals surface area contributed by atoms with Crippen LogP contribution in [0.5, 0.6) is 5.88 Å². The number of halogens is 6. The highest BCUT2D eigenvalue weighted by atomic mass is 19.4. The second-order valence-electron chi connectivity index (χ2n) is 15.0. The van der Waals surface area contributed by atoms with Gasteiger partial charge in [0, 0.05) is 11.8 Å². The molecule has 1 unspecified atom stereocenters. The molecule has 296 valence electrons. The van der Waals surface area contributed by atoms with Crippen LogP contribution >= 0.6 is 0 Å². The Morgan fingerprint density at radius 3 is 1.87 bits per heavy atom. The van der Waals surface area contributed by atoms with Crippen molar-refractivity contribution in [2.75, 3.05) is 11.5 Å². The molecular formula is C37H44F6N4O7. The standard InChI is InChI=1S/C37H44F6N4O7/c1-11-18-34(9,10)22-50-27-24(36(38,39)40)20-25(47(30(48)53-32(3,4)5)31(49)54-33(6,7)8)26(44-27)28-45-46-29(52-28)35(19-12-2,37(41,42)43)51-21-23-16-14-13-15-17-23/h11-17,20H,1-2,18-19,21-22H2,3-10H3. The lowest BCUT2D eigenvalue weighted by molar-refractivity contribution is -0.295. The van der Waals surface area contributed by atoms with Crippen LogP contribution in [0.4, 0.5) is 41.6 Å². The zero-order valence-corrected chi connectivity index (χ0v) is 31.3. The number of hydrogen-bond donors (Lipinski definition) is 0. The van der Waals surface area contributed by atoms with Crippen LogP contribution in [0.3, 0.4) is 0 Å². The summed E-state index contributed by atoms with van der Waals surface area (Å²) in [7, 11) is 0. The van der Waals surface area contributed by atoms with Gasteiger partial charge >= 0.3 is 24.5 Å². The van der Waals surface area contributed by atoms with Crippen LogP contribution in [-0.4, -0.2) is 51.4 Å². The molecule has 0 radical (unpaired) electrons. The van der Waals surface area contributed by atoms with Gasteiger partial charge in [-0.2, -0.15) is 31.2 Å². The van der Waals surface area contributed by atoms with Gasteiger partial charge in [-0.3, -0.25) is 0 Å². The topological polar surface area (TPSA) is 126 Å². The fourth-order valence-corrected chi connectivity index (χ4v) is 4.72. The number of carbonyl (C=O) groups is 2. The Bertz CT molecular complexity index is 1770. The second-order valence-corrected chi connectivity index (χ2v) is 15.0. The maximum absolute atomic E-state index is 15.0. The van der Waals surface area contributed by atoms with E-state index in [-0.39, 0.29) is 11.5 Å². The van der Waals surface area contributed by atoms with E-state index in [4.69, 9.17) is 23.4 Å². The largest absolute Gasteiger partial charge is 0.477 e. The zero-order chi connectivity index (χ0) is 40.9. The highest BCUT2D eigenvalue weighted by Crippen LogP contribution is 2.47. The maximum atomic E-state index is 15.0. The van der Waals surface area contributed by atoms with E-state index in [9.17, 15) is 22.8 Å². The van der Waals surface area contributed by atoms with Gasteiger partial charge in [-0.25, -0.2) is 14.6 Å². The van der Waals surface area contributed by atoms with Crippen molar-refractivity contribution in [3.05, 3.63) is 78.7 Å². The molecule has 0 saturated heterocycles. The zero-order valence-electron chi connectivity index (χ0n) is 31.3. The number of carbonyl (C=O) groups excluding carboxylic acids is 2. The fourth-order valence-electron chi connectivity index (χ4n) is 4.72. The number of ether oxygens (including phenoxy) is 4. The Balaban J connectivity index is 2.42. The van der Waals surface area contributed by atoms with Crippen molar-refractivity contribution in [1.82, 2.24) is 15.2 Å². The molecule has 1 atom stereocenters. The minimum atomic E-state index is -5.22. The second kappa shape index (κ2) is 16.2. The first-order valence-electron chi connectivity index (χ1n) is 16.6. The SMILES string of the molecule is C=CCC(C)(C)COc1nc(-c2nnc(C(CC=C)(OCc3ccccc3)C(F)(F)F)o2)c(N(C(=O)OC(C)(C)C)C(=O)OC(C)(C)C)cc1C(F)(F)F. The molecular weight excluding hydrogens is 726 g/mol. The quantitative estimate of drug-likeness (QED) is 0.122. The van der Waals surface area contributed by atoms with E-state index in [0.29, 0.717) is 18.1 Å². The molecule has 1 aromatic carbocycles. The number of allylic oxidation sites excluding steroid dienone is 1. The third kappa shape index (κ3) is 11.1. The summed E-state index contributed by atoms with van der Waals surface area (Å²) in [6, 6.07) is 8.20. The highest BCUT2D eigenvalue weighted by molar-refractivity contribution is 6.11. The van der Waals surface area contributed by atoms with Gasteiger partial charge in [-0.05, 0) is 59.6 Å². The van der Waals surface area contributed by atoms with Crippen molar-refractivity contribution >= 4 is 17.9 Å². The number of amides is 2. The van der Waals surface area contributed by atoms with E-state index in [0.717, 1.165) is 6.08 Å². The smallest absolute Gasteiger partial charge is 0.426 e. The summed E-state index contributed by atoms with van der Waals surface area (Å²) in [6.45, 7) is 18.0. The highest BCUT2D eigenvalue weighted by Gasteiger charge is 2.61. The predicted molar refractivity (Wildman–Crippen MR) is 185 cm³/mol. The van der Waals surface area contributed by atoms with Crippen LogP contribution in [-0.2, 0) is 32.6 Å². The number of rotatable bonds is 13. The van der Waals surface area contributed by atoms with Gasteiger partial charge in [0.1, 0.15) is 16.8 Å². The minimum absolute atomic E-state index is 0.107. The van der Waals surface area contributed by atoms with E-state index < -0.39 is 94.4 Å². The van der Waals surface area contributed by atoms with Gasteiger partial charge in [0.15, 0.2) is 5.69 Å². The molecule has 54 heavy (non-hydrogen) atoms. The van der Waals surface area contributed by atoms with Crippen molar-refractivity contribution in [3.63, 3.8) is 0 Å². The van der Waals surface area contributed by atoms with Gasteiger partial charge in [0.25, 0.3) is 11.8 Å². The number of nitrogens with zero attached hydrogens (tertiary/aromatic N) is 4. The lowest BCUT2D eigenvalue weighted by Crippen LogP contribution is -2.45. The number of aromatic nitrogens is 3. The first kappa shape index (κ1) is 43.5. The Morgan fingerprint density at radius 2 is 1.39 bits per heavy atom. The lowest BCUT2D eigenvalue weighted by Gasteiger charge is -2.31. The molecule has 11 nitrogen and oxygen atoms in total. The molecule has 0 saturated carbocycles. The van der Waals surface area contributed by atoms with Crippen LogP contribution in [0, 0.1) is 5.41 Å². The third-order valence-electron chi connectivity index (χ3n) is 7.15. The first-order chi connectivity index (χ1) is 24.7. The number of hydrogen-bond acceptors (Lipinski definition) is 10. The van der Waals surface area contributed by atoms with Crippen LogP contribution in [0.15, 0.2) is 66.1 Å². The first-order valence-corrected chi connectivity index (χ1v) is 16.6. The molecule has 0 bridgehead atoms. The summed E-state index contributed by atoms with van der Waals surface area (Å²) in [6.07, 6.45) is -11.7. The average Bonchev–Trinajstić information content (AvgIpc) is 3.50. The van der Waals surface area contributed by atoms with Crippen molar-refractivity contribution < 1.29 is 59.3 Å². The maximum Gasteiger partial charge on any atom is 0.426 e. The van der Waals surface area contributed by atoms with Gasteiger partial charge < -0.3 is 23.4 Å². The molecule has 17 heteroatoms. The number of pyridine rings is 1. The molecule has 2 heterocycles. The number of alkyl halides is 6. The normalized spacial score (nSPS) is 13.8. The summed E-state index contributed by atoms with van der Waals surface area (Å²) in [5, 5.41) is 7.32. The number of benzene rings is 1. The van der Waals surface area contributed by atoms with Crippen LogP contribution < -0.4 is 9.64 Å². The Labute approximate surface area is 309 Å². The van der Waals surface area contributed by atoms with Crippen molar-refractivity contribution in [1.29, 1.82) is 0 Å². The summed E-state index contributed by atoms with van der Waals surface area (Å²) in [5.41, 5.74) is -9.73. The molecule has 0 spiro atoms. The van der Waals surface area contributed by atoms with E-state index in [1.54, 1.807) is 32.0 Å². The van der Waals surface area contributed by atoms with Gasteiger partial charge in [0.05, 0.1) is 18.9 Å². The number of anilines is 1. The van der Waals surface area contributed by atoms with E-state index in [2.05, 4.69) is 28.3 Å². The minimum Gasteiger partial charge on any atom is -0.477 e. The molecule has 3 rings (SSSR count). The molecule has 2 aromatic heterocycles. The Morgan fingerprint density at radius 1 is 0.833 bits per heavy atom. The molecule has 0 aliphatic carbocycles. The Kier molecular flexibility index (Phi) is 13.0. The van der Waals surface area contributed by atoms with Crippen LogP contribution in [0.1, 0.15) is 85.2 Å².